The Morgan fingerprint density at radius 1 is 1.29 bits per heavy atom. The summed E-state index contributed by atoms with van der Waals surface area (Å²) in [7, 11) is 1.92. The molecule has 0 amide bonds. The minimum absolute atomic E-state index is 0.639. The molecular weight excluding hydrogens is 232 g/mol. The second-order valence-electron chi connectivity index (χ2n) is 3.73. The van der Waals surface area contributed by atoms with Crippen molar-refractivity contribution in [1.29, 1.82) is 5.26 Å². The quantitative estimate of drug-likeness (QED) is 0.738. The largest absolute Gasteiger partial charge is 0.350 e. The van der Waals surface area contributed by atoms with E-state index in [0.29, 0.717) is 10.6 Å². The molecule has 84 valence electrons. The van der Waals surface area contributed by atoms with Gasteiger partial charge in [0.25, 0.3) is 0 Å². The summed E-state index contributed by atoms with van der Waals surface area (Å²) in [4.78, 5) is 0. The molecule has 3 heteroatoms. The van der Waals surface area contributed by atoms with Gasteiger partial charge in [0.05, 0.1) is 11.3 Å². The minimum Gasteiger partial charge on any atom is -0.350 e. The average Bonchev–Trinajstić information content (AvgIpc) is 2.75. The molecule has 0 N–H and O–H groups in total. The standard InChI is InChI=1S/C14H11ClN2/c1-17-8-2-3-14(17)12(10-16)9-11-4-6-13(15)7-5-11/h2-9H,1H3/b12-9-. The topological polar surface area (TPSA) is 28.7 Å². The molecule has 0 saturated heterocycles. The van der Waals surface area contributed by atoms with E-state index in [-0.39, 0.29) is 0 Å². The number of benzene rings is 1. The van der Waals surface area contributed by atoms with Crippen LogP contribution in [0.2, 0.25) is 5.02 Å². The van der Waals surface area contributed by atoms with Crippen LogP contribution in [0.3, 0.4) is 0 Å². The molecule has 2 aromatic rings. The molecule has 1 aromatic heterocycles. The van der Waals surface area contributed by atoms with Crippen LogP contribution in [0.4, 0.5) is 0 Å². The van der Waals surface area contributed by atoms with Gasteiger partial charge in [-0.05, 0) is 35.9 Å². The van der Waals surface area contributed by atoms with Crippen molar-refractivity contribution >= 4 is 23.3 Å². The van der Waals surface area contributed by atoms with Crippen molar-refractivity contribution in [3.8, 4) is 6.07 Å². The maximum absolute atomic E-state index is 9.18. The number of hydrogen-bond acceptors (Lipinski definition) is 1. The lowest BCUT2D eigenvalue weighted by atomic mass is 10.1. The summed E-state index contributed by atoms with van der Waals surface area (Å²) in [5.41, 5.74) is 2.51. The van der Waals surface area contributed by atoms with E-state index in [0.717, 1.165) is 11.3 Å². The molecule has 1 aromatic carbocycles. The molecule has 2 nitrogen and oxygen atoms in total. The molecule has 0 radical (unpaired) electrons. The van der Waals surface area contributed by atoms with E-state index in [1.807, 2.05) is 60.3 Å². The van der Waals surface area contributed by atoms with Crippen molar-refractivity contribution in [3.05, 3.63) is 58.9 Å². The van der Waals surface area contributed by atoms with E-state index >= 15 is 0 Å². The zero-order chi connectivity index (χ0) is 12.3. The molecular formula is C14H11ClN2. The highest BCUT2D eigenvalue weighted by Gasteiger charge is 2.03. The van der Waals surface area contributed by atoms with Gasteiger partial charge < -0.3 is 4.57 Å². The summed E-state index contributed by atoms with van der Waals surface area (Å²) in [6.45, 7) is 0. The Bertz CT molecular complexity index is 585. The van der Waals surface area contributed by atoms with Gasteiger partial charge in [0.1, 0.15) is 6.07 Å². The van der Waals surface area contributed by atoms with E-state index in [1.54, 1.807) is 0 Å². The van der Waals surface area contributed by atoms with Crippen molar-refractivity contribution in [3.63, 3.8) is 0 Å². The van der Waals surface area contributed by atoms with E-state index in [1.165, 1.54) is 0 Å². The van der Waals surface area contributed by atoms with Crippen molar-refractivity contribution in [2.45, 2.75) is 0 Å². The lowest BCUT2D eigenvalue weighted by Crippen LogP contribution is -1.92. The zero-order valence-electron chi connectivity index (χ0n) is 9.39. The molecule has 0 unspecified atom stereocenters. The van der Waals surface area contributed by atoms with E-state index in [9.17, 15) is 5.26 Å². The van der Waals surface area contributed by atoms with Gasteiger partial charge >= 0.3 is 0 Å². The average molecular weight is 243 g/mol. The number of nitriles is 1. The predicted octanol–water partition coefficient (Wildman–Crippen LogP) is 3.74. The maximum Gasteiger partial charge on any atom is 0.101 e. The lowest BCUT2D eigenvalue weighted by molar-refractivity contribution is 0.911. The first-order valence-electron chi connectivity index (χ1n) is 5.20. The third-order valence-electron chi connectivity index (χ3n) is 2.52. The second kappa shape index (κ2) is 4.90. The Hall–Kier alpha value is -1.98. The van der Waals surface area contributed by atoms with Crippen LogP contribution in [-0.4, -0.2) is 4.57 Å². The Balaban J connectivity index is 2.41. The summed E-state index contributed by atoms with van der Waals surface area (Å²) < 4.78 is 1.92. The number of hydrogen-bond donors (Lipinski definition) is 0. The highest BCUT2D eigenvalue weighted by molar-refractivity contribution is 6.30. The molecule has 17 heavy (non-hydrogen) atoms. The third-order valence-corrected chi connectivity index (χ3v) is 2.77. The van der Waals surface area contributed by atoms with Crippen molar-refractivity contribution in [2.24, 2.45) is 7.05 Å². The molecule has 0 spiro atoms. The van der Waals surface area contributed by atoms with Gasteiger partial charge in [0, 0.05) is 18.3 Å². The van der Waals surface area contributed by atoms with Crippen LogP contribution in [0.15, 0.2) is 42.6 Å². The fraction of sp³-hybridized carbons (Fsp3) is 0.0714. The van der Waals surface area contributed by atoms with Crippen LogP contribution in [0.5, 0.6) is 0 Å². The van der Waals surface area contributed by atoms with Crippen LogP contribution < -0.4 is 0 Å². The van der Waals surface area contributed by atoms with Crippen LogP contribution in [0.1, 0.15) is 11.3 Å². The highest BCUT2D eigenvalue weighted by Crippen LogP contribution is 2.18. The number of aryl methyl sites for hydroxylation is 1. The first-order valence-corrected chi connectivity index (χ1v) is 5.57. The summed E-state index contributed by atoms with van der Waals surface area (Å²) in [6, 6.07) is 13.5. The summed E-state index contributed by atoms with van der Waals surface area (Å²) >= 11 is 5.82. The summed E-state index contributed by atoms with van der Waals surface area (Å²) in [6.07, 6.45) is 3.77. The first kappa shape index (κ1) is 11.5. The van der Waals surface area contributed by atoms with Crippen molar-refractivity contribution in [2.75, 3.05) is 0 Å². The zero-order valence-corrected chi connectivity index (χ0v) is 10.1. The second-order valence-corrected chi connectivity index (χ2v) is 4.16. The molecule has 0 aliphatic carbocycles. The predicted molar refractivity (Wildman–Crippen MR) is 70.3 cm³/mol. The lowest BCUT2D eigenvalue weighted by Gasteiger charge is -2.01. The molecule has 1 heterocycles. The molecule has 0 saturated carbocycles. The normalized spacial score (nSPS) is 11.2. The van der Waals surface area contributed by atoms with Gasteiger partial charge in [0.2, 0.25) is 0 Å². The number of rotatable bonds is 2. The first-order chi connectivity index (χ1) is 8.20. The monoisotopic (exact) mass is 242 g/mol. The highest BCUT2D eigenvalue weighted by atomic mass is 35.5. The Kier molecular flexibility index (Phi) is 3.32. The third kappa shape index (κ3) is 2.58. The number of allylic oxidation sites excluding steroid dienone is 1. The van der Waals surface area contributed by atoms with Gasteiger partial charge in [0.15, 0.2) is 0 Å². The molecule has 2 rings (SSSR count). The fourth-order valence-corrected chi connectivity index (χ4v) is 1.76. The molecule has 0 fully saturated rings. The van der Waals surface area contributed by atoms with E-state index < -0.39 is 0 Å². The molecule has 0 bridgehead atoms. The van der Waals surface area contributed by atoms with Gasteiger partial charge in [-0.2, -0.15) is 5.26 Å². The van der Waals surface area contributed by atoms with Crippen molar-refractivity contribution in [1.82, 2.24) is 4.57 Å². The summed E-state index contributed by atoms with van der Waals surface area (Å²) in [5.74, 6) is 0. The van der Waals surface area contributed by atoms with Crippen LogP contribution in [0, 0.1) is 11.3 Å². The van der Waals surface area contributed by atoms with E-state index in [4.69, 9.17) is 11.6 Å². The number of nitrogens with zero attached hydrogens (tertiary/aromatic N) is 2. The van der Waals surface area contributed by atoms with Gasteiger partial charge in [-0.1, -0.05) is 23.7 Å². The summed E-state index contributed by atoms with van der Waals surface area (Å²) in [5, 5.41) is 9.87. The molecule has 0 aliphatic heterocycles. The van der Waals surface area contributed by atoms with Crippen molar-refractivity contribution < 1.29 is 0 Å². The molecule has 0 atom stereocenters. The Labute approximate surface area is 105 Å². The minimum atomic E-state index is 0.639. The molecule has 0 aliphatic rings. The maximum atomic E-state index is 9.18. The van der Waals surface area contributed by atoms with Crippen LogP contribution >= 0.6 is 11.6 Å². The fourth-order valence-electron chi connectivity index (χ4n) is 1.63. The smallest absolute Gasteiger partial charge is 0.101 e. The van der Waals surface area contributed by atoms with Gasteiger partial charge in [-0.3, -0.25) is 0 Å². The van der Waals surface area contributed by atoms with Crippen LogP contribution in [-0.2, 0) is 7.05 Å². The number of aromatic nitrogens is 1. The number of halogens is 1. The van der Waals surface area contributed by atoms with Crippen LogP contribution in [0.25, 0.3) is 11.6 Å². The Morgan fingerprint density at radius 2 is 2.00 bits per heavy atom. The Morgan fingerprint density at radius 3 is 2.53 bits per heavy atom. The van der Waals surface area contributed by atoms with Gasteiger partial charge in [-0.25, -0.2) is 0 Å². The SMILES string of the molecule is Cn1cccc1/C(C#N)=C\c1ccc(Cl)cc1. The van der Waals surface area contributed by atoms with E-state index in [2.05, 4.69) is 6.07 Å². The van der Waals surface area contributed by atoms with Gasteiger partial charge in [-0.15, -0.1) is 0 Å².